The Bertz CT molecular complexity index is 451. The number of rotatable bonds is 3. The monoisotopic (exact) mass is 279 g/mol. The number of ether oxygens (including phenoxy) is 3. The molecule has 5 heteroatoms. The molecule has 0 aromatic rings. The van der Waals surface area contributed by atoms with Crippen molar-refractivity contribution in [3.63, 3.8) is 0 Å². The van der Waals surface area contributed by atoms with Crippen LogP contribution in [0.25, 0.3) is 0 Å². The summed E-state index contributed by atoms with van der Waals surface area (Å²) in [5.41, 5.74) is -0.458. The normalized spacial score (nSPS) is 46.1. The van der Waals surface area contributed by atoms with Gasteiger partial charge in [0.15, 0.2) is 0 Å². The summed E-state index contributed by atoms with van der Waals surface area (Å²) in [6.07, 6.45) is 8.05. The number of esters is 1. The van der Waals surface area contributed by atoms with Gasteiger partial charge in [-0.25, -0.2) is 0 Å². The summed E-state index contributed by atoms with van der Waals surface area (Å²) < 4.78 is 17.0. The van der Waals surface area contributed by atoms with E-state index in [9.17, 15) is 4.79 Å². The Morgan fingerprint density at radius 3 is 3.25 bits per heavy atom. The highest BCUT2D eigenvalue weighted by atomic mass is 16.7. The van der Waals surface area contributed by atoms with Gasteiger partial charge in [0.05, 0.1) is 6.42 Å². The summed E-state index contributed by atoms with van der Waals surface area (Å²) in [4.78, 5) is 14.4. The van der Waals surface area contributed by atoms with Crippen LogP contribution in [-0.2, 0) is 19.0 Å². The number of carbonyl (C=O) groups is 1. The number of nitrogens with zero attached hydrogens (tertiary/aromatic N) is 1. The van der Waals surface area contributed by atoms with Crippen molar-refractivity contribution in [3.05, 3.63) is 12.2 Å². The second-order valence-electron chi connectivity index (χ2n) is 6.34. The molecular formula is C15H21NO4. The minimum absolute atomic E-state index is 0.0670. The van der Waals surface area contributed by atoms with Crippen LogP contribution in [0, 0.1) is 5.92 Å². The van der Waals surface area contributed by atoms with Crippen LogP contribution in [0.4, 0.5) is 0 Å². The van der Waals surface area contributed by atoms with E-state index in [0.29, 0.717) is 18.5 Å². The molecule has 0 aromatic heterocycles. The van der Waals surface area contributed by atoms with Crippen molar-refractivity contribution in [2.75, 3.05) is 20.4 Å². The quantitative estimate of drug-likeness (QED) is 0.439. The predicted molar refractivity (Wildman–Crippen MR) is 71.0 cm³/mol. The Hall–Kier alpha value is -0.910. The molecule has 0 saturated carbocycles. The first-order chi connectivity index (χ1) is 9.74. The van der Waals surface area contributed by atoms with Gasteiger partial charge in [-0.2, -0.15) is 0 Å². The van der Waals surface area contributed by atoms with E-state index in [4.69, 9.17) is 14.2 Å². The number of hydrogen-bond acceptors (Lipinski definition) is 5. The Labute approximate surface area is 118 Å². The van der Waals surface area contributed by atoms with E-state index in [-0.39, 0.29) is 24.8 Å². The van der Waals surface area contributed by atoms with Gasteiger partial charge in [0.1, 0.15) is 18.5 Å². The molecule has 0 radical (unpaired) electrons. The van der Waals surface area contributed by atoms with Crippen molar-refractivity contribution >= 4 is 5.97 Å². The lowest BCUT2D eigenvalue weighted by atomic mass is 9.69. The highest BCUT2D eigenvalue weighted by Crippen LogP contribution is 2.51. The van der Waals surface area contributed by atoms with Crippen LogP contribution in [0.2, 0.25) is 0 Å². The Morgan fingerprint density at radius 2 is 2.40 bits per heavy atom. The van der Waals surface area contributed by atoms with Crippen molar-refractivity contribution in [3.8, 4) is 0 Å². The molecule has 4 aliphatic rings. The van der Waals surface area contributed by atoms with Crippen LogP contribution >= 0.6 is 0 Å². The van der Waals surface area contributed by atoms with Gasteiger partial charge in [0.2, 0.25) is 0 Å². The van der Waals surface area contributed by atoms with Gasteiger partial charge in [-0.05, 0) is 19.4 Å². The highest BCUT2D eigenvalue weighted by molar-refractivity contribution is 5.74. The molecule has 2 bridgehead atoms. The smallest absolute Gasteiger partial charge is 0.307 e. The molecule has 1 spiro atoms. The molecule has 3 saturated heterocycles. The van der Waals surface area contributed by atoms with Gasteiger partial charge in [0.25, 0.3) is 0 Å². The molecular weight excluding hydrogens is 258 g/mol. The van der Waals surface area contributed by atoms with Gasteiger partial charge in [-0.1, -0.05) is 12.2 Å². The summed E-state index contributed by atoms with van der Waals surface area (Å²) in [5, 5.41) is 0. The zero-order chi connectivity index (χ0) is 13.7. The molecule has 5 atom stereocenters. The zero-order valence-electron chi connectivity index (χ0n) is 11.8. The maximum Gasteiger partial charge on any atom is 0.307 e. The van der Waals surface area contributed by atoms with Gasteiger partial charge in [-0.3, -0.25) is 9.69 Å². The standard InChI is InChI=1S/C15H21NO4/c1-18-9-19-14-12-3-2-6-16(12)11-5-4-10-7-13(17)20-15(10,14)8-11/h4-5,10-12,14H,2-3,6-9H2,1H3/t10-,11+,12-,14-,15+/m1/s1. The lowest BCUT2D eigenvalue weighted by Gasteiger charge is -2.53. The van der Waals surface area contributed by atoms with Gasteiger partial charge in [-0.15, -0.1) is 0 Å². The Morgan fingerprint density at radius 1 is 1.50 bits per heavy atom. The fourth-order valence-electron chi connectivity index (χ4n) is 4.65. The minimum atomic E-state index is -0.458. The molecule has 0 aromatic carbocycles. The van der Waals surface area contributed by atoms with Crippen molar-refractivity contribution in [2.24, 2.45) is 5.92 Å². The largest absolute Gasteiger partial charge is 0.455 e. The molecule has 1 aliphatic carbocycles. The zero-order valence-corrected chi connectivity index (χ0v) is 11.8. The van der Waals surface area contributed by atoms with Gasteiger partial charge < -0.3 is 14.2 Å². The number of methoxy groups -OCH3 is 1. The Balaban J connectivity index is 1.72. The first-order valence-electron chi connectivity index (χ1n) is 7.51. The molecule has 3 aliphatic heterocycles. The molecule has 0 unspecified atom stereocenters. The molecule has 3 fully saturated rings. The third kappa shape index (κ3) is 1.63. The van der Waals surface area contributed by atoms with Crippen LogP contribution < -0.4 is 0 Å². The average molecular weight is 279 g/mol. The maximum absolute atomic E-state index is 11.9. The third-order valence-electron chi connectivity index (χ3n) is 5.38. The van der Waals surface area contributed by atoms with Crippen molar-refractivity contribution in [1.82, 2.24) is 4.90 Å². The van der Waals surface area contributed by atoms with E-state index in [1.54, 1.807) is 7.11 Å². The van der Waals surface area contributed by atoms with Crippen LogP contribution in [0.1, 0.15) is 25.7 Å². The highest BCUT2D eigenvalue weighted by Gasteiger charge is 2.63. The lowest BCUT2D eigenvalue weighted by molar-refractivity contribution is -0.218. The first-order valence-corrected chi connectivity index (χ1v) is 7.51. The van der Waals surface area contributed by atoms with E-state index in [0.717, 1.165) is 19.4 Å². The average Bonchev–Trinajstić information content (AvgIpc) is 3.02. The first kappa shape index (κ1) is 12.8. The van der Waals surface area contributed by atoms with Gasteiger partial charge in [0, 0.05) is 31.5 Å². The number of piperidine rings is 1. The van der Waals surface area contributed by atoms with Crippen LogP contribution in [0.3, 0.4) is 0 Å². The van der Waals surface area contributed by atoms with Gasteiger partial charge >= 0.3 is 5.97 Å². The van der Waals surface area contributed by atoms with Crippen LogP contribution in [0.5, 0.6) is 0 Å². The lowest BCUT2D eigenvalue weighted by Crippen LogP contribution is -2.66. The van der Waals surface area contributed by atoms with Crippen molar-refractivity contribution in [2.45, 2.75) is 49.5 Å². The molecule has 5 nitrogen and oxygen atoms in total. The summed E-state index contributed by atoms with van der Waals surface area (Å²) in [6, 6.07) is 0.745. The molecule has 0 amide bonds. The molecule has 3 heterocycles. The molecule has 4 rings (SSSR count). The number of hydrogen-bond donors (Lipinski definition) is 0. The molecule has 20 heavy (non-hydrogen) atoms. The second kappa shape index (κ2) is 4.55. The van der Waals surface area contributed by atoms with Crippen LogP contribution in [-0.4, -0.2) is 55.1 Å². The van der Waals surface area contributed by atoms with E-state index in [1.165, 1.54) is 6.42 Å². The molecule has 110 valence electrons. The third-order valence-corrected chi connectivity index (χ3v) is 5.38. The van der Waals surface area contributed by atoms with Crippen molar-refractivity contribution < 1.29 is 19.0 Å². The summed E-state index contributed by atoms with van der Waals surface area (Å²) >= 11 is 0. The number of fused-ring (bicyclic) bond motifs is 3. The Kier molecular flexibility index (Phi) is 2.91. The summed E-state index contributed by atoms with van der Waals surface area (Å²) in [6.45, 7) is 1.37. The topological polar surface area (TPSA) is 48.0 Å². The fourth-order valence-corrected chi connectivity index (χ4v) is 4.65. The molecule has 0 N–H and O–H groups in total. The van der Waals surface area contributed by atoms with Crippen molar-refractivity contribution in [1.29, 1.82) is 0 Å². The minimum Gasteiger partial charge on any atom is -0.455 e. The maximum atomic E-state index is 11.9. The predicted octanol–water partition coefficient (Wildman–Crippen LogP) is 1.08. The van der Waals surface area contributed by atoms with E-state index in [1.807, 2.05) is 0 Å². The summed E-state index contributed by atoms with van der Waals surface area (Å²) in [7, 11) is 1.63. The van der Waals surface area contributed by atoms with E-state index < -0.39 is 5.60 Å². The second-order valence-corrected chi connectivity index (χ2v) is 6.34. The van der Waals surface area contributed by atoms with E-state index in [2.05, 4.69) is 17.1 Å². The fraction of sp³-hybridized carbons (Fsp3) is 0.800. The number of carbonyl (C=O) groups excluding carboxylic acids is 1. The SMILES string of the molecule is COCO[C@@H]1[C@H]2CCCN2[C@H]2C=C[C@@H]3CC(=O)O[C@@]31C2. The summed E-state index contributed by atoms with van der Waals surface area (Å²) in [5.74, 6) is 0.0774. The van der Waals surface area contributed by atoms with Crippen LogP contribution in [0.15, 0.2) is 12.2 Å². The van der Waals surface area contributed by atoms with E-state index >= 15 is 0 Å².